The van der Waals surface area contributed by atoms with Gasteiger partial charge in [-0.15, -0.1) is 0 Å². The standard InChI is InChI=1S/C18H15Cl2NO4/c19-13-5-6-16(14(20)9-13)24-11-18(23)25-10-17(22)21-8-7-12-3-1-2-4-15(12)21/h1-6,9H,7-8,10-11H2. The van der Waals surface area contributed by atoms with Crippen molar-refractivity contribution in [2.75, 3.05) is 24.7 Å². The van der Waals surface area contributed by atoms with Crippen molar-refractivity contribution in [1.29, 1.82) is 0 Å². The molecule has 25 heavy (non-hydrogen) atoms. The first-order valence-electron chi connectivity index (χ1n) is 7.66. The van der Waals surface area contributed by atoms with E-state index in [9.17, 15) is 9.59 Å². The van der Waals surface area contributed by atoms with Crippen molar-refractivity contribution in [3.63, 3.8) is 0 Å². The maximum absolute atomic E-state index is 12.3. The lowest BCUT2D eigenvalue weighted by molar-refractivity contribution is -0.149. The Morgan fingerprint density at radius 1 is 1.08 bits per heavy atom. The number of carbonyl (C=O) groups is 2. The fourth-order valence-electron chi connectivity index (χ4n) is 2.59. The van der Waals surface area contributed by atoms with Gasteiger partial charge >= 0.3 is 5.97 Å². The number of carbonyl (C=O) groups excluding carboxylic acids is 2. The minimum absolute atomic E-state index is 0.261. The van der Waals surface area contributed by atoms with E-state index < -0.39 is 5.97 Å². The number of para-hydroxylation sites is 1. The molecule has 3 rings (SSSR count). The lowest BCUT2D eigenvalue weighted by Gasteiger charge is -2.17. The Hall–Kier alpha value is -2.24. The summed E-state index contributed by atoms with van der Waals surface area (Å²) in [5.74, 6) is -0.586. The predicted octanol–water partition coefficient (Wildman–Crippen LogP) is 3.50. The van der Waals surface area contributed by atoms with E-state index in [0.29, 0.717) is 22.3 Å². The third-order valence-corrected chi connectivity index (χ3v) is 4.31. The van der Waals surface area contributed by atoms with Gasteiger partial charge in [-0.2, -0.15) is 0 Å². The SMILES string of the molecule is O=C(COc1ccc(Cl)cc1Cl)OCC(=O)N1CCc2ccccc21. The first-order chi connectivity index (χ1) is 12.0. The molecule has 1 amide bonds. The smallest absolute Gasteiger partial charge is 0.344 e. The molecule has 0 unspecified atom stereocenters. The summed E-state index contributed by atoms with van der Waals surface area (Å²) in [7, 11) is 0. The highest BCUT2D eigenvalue weighted by Crippen LogP contribution is 2.28. The van der Waals surface area contributed by atoms with Crippen molar-refractivity contribution in [1.82, 2.24) is 0 Å². The lowest BCUT2D eigenvalue weighted by atomic mass is 10.2. The summed E-state index contributed by atoms with van der Waals surface area (Å²) in [4.78, 5) is 25.6. The Kier molecular flexibility index (Phi) is 5.46. The molecule has 0 atom stereocenters. The van der Waals surface area contributed by atoms with E-state index in [4.69, 9.17) is 32.7 Å². The molecule has 0 bridgehead atoms. The number of rotatable bonds is 5. The van der Waals surface area contributed by atoms with Crippen LogP contribution in [0.3, 0.4) is 0 Å². The van der Waals surface area contributed by atoms with Gasteiger partial charge in [-0.3, -0.25) is 4.79 Å². The number of benzene rings is 2. The molecule has 0 saturated heterocycles. The van der Waals surface area contributed by atoms with Crippen LogP contribution >= 0.6 is 23.2 Å². The second-order valence-electron chi connectivity index (χ2n) is 5.45. The summed E-state index contributed by atoms with van der Waals surface area (Å²) in [5, 5.41) is 0.765. The summed E-state index contributed by atoms with van der Waals surface area (Å²) >= 11 is 11.7. The van der Waals surface area contributed by atoms with Crippen LogP contribution in [0.15, 0.2) is 42.5 Å². The molecular weight excluding hydrogens is 365 g/mol. The van der Waals surface area contributed by atoms with Crippen LogP contribution in [0.4, 0.5) is 5.69 Å². The molecule has 130 valence electrons. The van der Waals surface area contributed by atoms with E-state index in [0.717, 1.165) is 17.7 Å². The normalized spacial score (nSPS) is 12.6. The van der Waals surface area contributed by atoms with Crippen molar-refractivity contribution >= 4 is 40.8 Å². The number of nitrogens with zero attached hydrogens (tertiary/aromatic N) is 1. The van der Waals surface area contributed by atoms with E-state index in [1.807, 2.05) is 24.3 Å². The van der Waals surface area contributed by atoms with Gasteiger partial charge in [-0.25, -0.2) is 4.79 Å². The Morgan fingerprint density at radius 3 is 2.68 bits per heavy atom. The molecular formula is C18H15Cl2NO4. The summed E-state index contributed by atoms with van der Waals surface area (Å²) in [5.41, 5.74) is 1.98. The number of ether oxygens (including phenoxy) is 2. The van der Waals surface area contributed by atoms with Crippen LogP contribution in [-0.2, 0) is 20.7 Å². The molecule has 1 aliphatic heterocycles. The number of amides is 1. The van der Waals surface area contributed by atoms with Crippen LogP contribution < -0.4 is 9.64 Å². The van der Waals surface area contributed by atoms with Gasteiger partial charge in [0.15, 0.2) is 13.2 Å². The maximum atomic E-state index is 12.3. The molecule has 0 spiro atoms. The van der Waals surface area contributed by atoms with Gasteiger partial charge in [-0.1, -0.05) is 41.4 Å². The van der Waals surface area contributed by atoms with E-state index in [2.05, 4.69) is 0 Å². The monoisotopic (exact) mass is 379 g/mol. The lowest BCUT2D eigenvalue weighted by Crippen LogP contribution is -2.33. The summed E-state index contributed by atoms with van der Waals surface area (Å²) in [6, 6.07) is 12.4. The van der Waals surface area contributed by atoms with E-state index >= 15 is 0 Å². The van der Waals surface area contributed by atoms with Gasteiger partial charge in [0.2, 0.25) is 0 Å². The van der Waals surface area contributed by atoms with Crippen molar-refractivity contribution in [2.45, 2.75) is 6.42 Å². The highest BCUT2D eigenvalue weighted by molar-refractivity contribution is 6.35. The topological polar surface area (TPSA) is 55.8 Å². The van der Waals surface area contributed by atoms with Crippen LogP contribution in [0.5, 0.6) is 5.75 Å². The van der Waals surface area contributed by atoms with Crippen LogP contribution in [-0.4, -0.2) is 31.6 Å². The van der Waals surface area contributed by atoms with Crippen LogP contribution in [0, 0.1) is 0 Å². The fourth-order valence-corrected chi connectivity index (χ4v) is 3.05. The van der Waals surface area contributed by atoms with E-state index in [-0.39, 0.29) is 19.1 Å². The molecule has 7 heteroatoms. The number of hydrogen-bond donors (Lipinski definition) is 0. The van der Waals surface area contributed by atoms with Crippen molar-refractivity contribution in [3.05, 3.63) is 58.1 Å². The van der Waals surface area contributed by atoms with Crippen molar-refractivity contribution in [3.8, 4) is 5.75 Å². The van der Waals surface area contributed by atoms with Crippen LogP contribution in [0.2, 0.25) is 10.0 Å². The maximum Gasteiger partial charge on any atom is 0.344 e. The van der Waals surface area contributed by atoms with Crippen molar-refractivity contribution < 1.29 is 19.1 Å². The zero-order valence-corrected chi connectivity index (χ0v) is 14.7. The van der Waals surface area contributed by atoms with Gasteiger partial charge in [0, 0.05) is 17.3 Å². The summed E-state index contributed by atoms with van der Waals surface area (Å²) in [6.45, 7) is -0.0806. The number of esters is 1. The molecule has 0 aliphatic carbocycles. The fraction of sp³-hybridized carbons (Fsp3) is 0.222. The second kappa shape index (κ2) is 7.76. The molecule has 0 N–H and O–H groups in total. The first kappa shape index (κ1) is 17.6. The Balaban J connectivity index is 1.48. The Labute approximate surface area is 155 Å². The van der Waals surface area contributed by atoms with Crippen molar-refractivity contribution in [2.24, 2.45) is 0 Å². The number of halogens is 2. The minimum Gasteiger partial charge on any atom is -0.480 e. The van der Waals surface area contributed by atoms with Gasteiger partial charge in [-0.05, 0) is 36.2 Å². The molecule has 2 aromatic rings. The Morgan fingerprint density at radius 2 is 1.88 bits per heavy atom. The first-order valence-corrected chi connectivity index (χ1v) is 8.42. The number of anilines is 1. The summed E-state index contributed by atoms with van der Waals surface area (Å²) in [6.07, 6.45) is 0.800. The molecule has 5 nitrogen and oxygen atoms in total. The zero-order valence-electron chi connectivity index (χ0n) is 13.2. The second-order valence-corrected chi connectivity index (χ2v) is 6.29. The molecule has 1 heterocycles. The molecule has 0 radical (unpaired) electrons. The number of fused-ring (bicyclic) bond motifs is 1. The molecule has 0 fully saturated rings. The molecule has 2 aromatic carbocycles. The molecule has 0 saturated carbocycles. The Bertz CT molecular complexity index is 809. The van der Waals surface area contributed by atoms with E-state index in [1.54, 1.807) is 17.0 Å². The average molecular weight is 380 g/mol. The van der Waals surface area contributed by atoms with Gasteiger partial charge < -0.3 is 14.4 Å². The molecule has 1 aliphatic rings. The van der Waals surface area contributed by atoms with Gasteiger partial charge in [0.1, 0.15) is 5.75 Å². The highest BCUT2D eigenvalue weighted by Gasteiger charge is 2.24. The van der Waals surface area contributed by atoms with Crippen LogP contribution in [0.25, 0.3) is 0 Å². The van der Waals surface area contributed by atoms with E-state index in [1.165, 1.54) is 6.07 Å². The molecule has 0 aromatic heterocycles. The average Bonchev–Trinajstić information content (AvgIpc) is 3.03. The quantitative estimate of drug-likeness (QED) is 0.745. The highest BCUT2D eigenvalue weighted by atomic mass is 35.5. The predicted molar refractivity (Wildman–Crippen MR) is 95.4 cm³/mol. The number of hydrogen-bond acceptors (Lipinski definition) is 4. The largest absolute Gasteiger partial charge is 0.480 e. The third-order valence-electron chi connectivity index (χ3n) is 3.78. The van der Waals surface area contributed by atoms with Gasteiger partial charge in [0.05, 0.1) is 5.02 Å². The van der Waals surface area contributed by atoms with Gasteiger partial charge in [0.25, 0.3) is 5.91 Å². The third kappa shape index (κ3) is 4.24. The van der Waals surface area contributed by atoms with Crippen LogP contribution in [0.1, 0.15) is 5.56 Å². The zero-order chi connectivity index (χ0) is 17.8. The minimum atomic E-state index is -0.646. The summed E-state index contributed by atoms with van der Waals surface area (Å²) < 4.78 is 10.3.